The Labute approximate surface area is 164 Å². The van der Waals surface area contributed by atoms with Gasteiger partial charge in [0.15, 0.2) is 9.84 Å². The molecule has 8 nitrogen and oxygen atoms in total. The molecule has 0 aromatic heterocycles. The molecule has 0 aliphatic rings. The van der Waals surface area contributed by atoms with Crippen LogP contribution in [-0.4, -0.2) is 31.0 Å². The van der Waals surface area contributed by atoms with Crippen LogP contribution >= 0.6 is 0 Å². The number of anilines is 1. The van der Waals surface area contributed by atoms with Crippen LogP contribution in [0.4, 0.5) is 11.4 Å². The van der Waals surface area contributed by atoms with Crippen LogP contribution in [0.25, 0.3) is 0 Å². The van der Waals surface area contributed by atoms with Gasteiger partial charge in [-0.05, 0) is 43.7 Å². The van der Waals surface area contributed by atoms with Crippen molar-refractivity contribution in [3.05, 3.63) is 63.7 Å². The molecule has 0 saturated carbocycles. The Balaban J connectivity index is 2.11. The van der Waals surface area contributed by atoms with Gasteiger partial charge in [-0.2, -0.15) is 0 Å². The van der Waals surface area contributed by atoms with Crippen molar-refractivity contribution in [2.45, 2.75) is 38.3 Å². The van der Waals surface area contributed by atoms with Gasteiger partial charge in [0.2, 0.25) is 0 Å². The molecule has 0 bridgehead atoms. The lowest BCUT2D eigenvalue weighted by molar-refractivity contribution is -0.384. The van der Waals surface area contributed by atoms with Gasteiger partial charge in [0.25, 0.3) is 11.6 Å². The number of carbonyl (C=O) groups is 1. The lowest BCUT2D eigenvalue weighted by Crippen LogP contribution is -2.23. The molecule has 0 aliphatic carbocycles. The van der Waals surface area contributed by atoms with Crippen molar-refractivity contribution >= 4 is 27.1 Å². The number of rotatable bonds is 8. The third-order valence-corrected chi connectivity index (χ3v) is 5.77. The summed E-state index contributed by atoms with van der Waals surface area (Å²) in [5, 5.41) is 16.9. The first-order valence-electron chi connectivity index (χ1n) is 8.79. The van der Waals surface area contributed by atoms with Gasteiger partial charge in [0.05, 0.1) is 15.6 Å². The van der Waals surface area contributed by atoms with Crippen molar-refractivity contribution < 1.29 is 18.1 Å². The minimum absolute atomic E-state index is 0.0119. The van der Waals surface area contributed by atoms with Crippen molar-refractivity contribution in [1.29, 1.82) is 0 Å². The Kier molecular flexibility index (Phi) is 6.74. The molecule has 1 amide bonds. The molecule has 2 aromatic rings. The summed E-state index contributed by atoms with van der Waals surface area (Å²) in [5.41, 5.74) is 1.07. The van der Waals surface area contributed by atoms with Crippen molar-refractivity contribution in [2.75, 3.05) is 11.1 Å². The molecular weight excluding hydrogens is 382 g/mol. The summed E-state index contributed by atoms with van der Waals surface area (Å²) in [5.74, 6) is -0.437. The highest BCUT2D eigenvalue weighted by Gasteiger charge is 2.18. The molecule has 0 heterocycles. The summed E-state index contributed by atoms with van der Waals surface area (Å²) >= 11 is 0. The maximum atomic E-state index is 12.3. The van der Waals surface area contributed by atoms with Crippen LogP contribution in [0.3, 0.4) is 0 Å². The van der Waals surface area contributed by atoms with Crippen molar-refractivity contribution in [3.63, 3.8) is 0 Å². The van der Waals surface area contributed by atoms with Crippen LogP contribution in [0.1, 0.15) is 36.7 Å². The number of hydrogen-bond donors (Lipinski definition) is 2. The average molecular weight is 405 g/mol. The molecule has 0 radical (unpaired) electrons. The summed E-state index contributed by atoms with van der Waals surface area (Å²) in [6.45, 7) is 5.47. The van der Waals surface area contributed by atoms with E-state index in [-0.39, 0.29) is 34.5 Å². The monoisotopic (exact) mass is 405 g/mol. The number of hydrogen-bond acceptors (Lipinski definition) is 6. The number of sulfone groups is 1. The van der Waals surface area contributed by atoms with Crippen molar-refractivity contribution in [1.82, 2.24) is 5.32 Å². The second-order valence-electron chi connectivity index (χ2n) is 6.52. The van der Waals surface area contributed by atoms with Crippen LogP contribution < -0.4 is 10.6 Å². The standard InChI is InChI=1S/C19H23N3O5S/c1-4-28(26,27)16-8-5-14(6-9-16)12-20-19(23)15-7-10-17(21-13(2)3)18(11-15)22(24)25/h5-11,13,21H,4,12H2,1-3H3,(H,20,23). The fourth-order valence-corrected chi connectivity index (χ4v) is 3.41. The number of benzene rings is 2. The predicted molar refractivity (Wildman–Crippen MR) is 107 cm³/mol. The Morgan fingerprint density at radius 3 is 2.32 bits per heavy atom. The molecule has 0 fully saturated rings. The molecule has 0 aliphatic heterocycles. The SMILES string of the molecule is CCS(=O)(=O)c1ccc(CNC(=O)c2ccc(NC(C)C)c([N+](=O)[O-])c2)cc1. The van der Waals surface area contributed by atoms with E-state index in [1.165, 1.54) is 30.3 Å². The van der Waals surface area contributed by atoms with Crippen molar-refractivity contribution in [3.8, 4) is 0 Å². The number of nitrogens with one attached hydrogen (secondary N) is 2. The zero-order chi connectivity index (χ0) is 20.9. The number of amides is 1. The van der Waals surface area contributed by atoms with Crippen molar-refractivity contribution in [2.24, 2.45) is 0 Å². The van der Waals surface area contributed by atoms with Gasteiger partial charge in [-0.3, -0.25) is 14.9 Å². The molecule has 2 rings (SSSR count). The lowest BCUT2D eigenvalue weighted by Gasteiger charge is -2.11. The van der Waals surface area contributed by atoms with Crippen LogP contribution in [0.2, 0.25) is 0 Å². The van der Waals surface area contributed by atoms with Gasteiger partial charge >= 0.3 is 0 Å². The first-order chi connectivity index (χ1) is 13.1. The number of nitro groups is 1. The largest absolute Gasteiger partial charge is 0.377 e. The summed E-state index contributed by atoms with van der Waals surface area (Å²) in [6, 6.07) is 10.5. The fourth-order valence-electron chi connectivity index (χ4n) is 2.52. The van der Waals surface area contributed by atoms with Crippen LogP contribution in [0.15, 0.2) is 47.4 Å². The van der Waals surface area contributed by atoms with E-state index < -0.39 is 20.7 Å². The number of nitro benzene ring substituents is 1. The first-order valence-corrected chi connectivity index (χ1v) is 10.4. The van der Waals surface area contributed by atoms with Crippen LogP contribution in [0.5, 0.6) is 0 Å². The van der Waals surface area contributed by atoms with E-state index in [1.807, 2.05) is 13.8 Å². The normalized spacial score (nSPS) is 11.3. The molecule has 0 atom stereocenters. The molecule has 150 valence electrons. The lowest BCUT2D eigenvalue weighted by atomic mass is 10.1. The molecule has 0 unspecified atom stereocenters. The Morgan fingerprint density at radius 2 is 1.79 bits per heavy atom. The van der Waals surface area contributed by atoms with Crippen LogP contribution in [-0.2, 0) is 16.4 Å². The molecule has 2 N–H and O–H groups in total. The highest BCUT2D eigenvalue weighted by atomic mass is 32.2. The highest BCUT2D eigenvalue weighted by Crippen LogP contribution is 2.26. The van der Waals surface area contributed by atoms with Gasteiger partial charge in [-0.15, -0.1) is 0 Å². The molecule has 28 heavy (non-hydrogen) atoms. The van der Waals surface area contributed by atoms with E-state index in [1.54, 1.807) is 19.1 Å². The third kappa shape index (κ3) is 5.29. The van der Waals surface area contributed by atoms with E-state index in [0.717, 1.165) is 5.56 Å². The molecule has 9 heteroatoms. The summed E-state index contributed by atoms with van der Waals surface area (Å²) in [4.78, 5) is 23.3. The first kappa shape index (κ1) is 21.4. The van der Waals surface area contributed by atoms with Gasteiger partial charge in [0.1, 0.15) is 5.69 Å². The number of carbonyl (C=O) groups excluding carboxylic acids is 1. The zero-order valence-electron chi connectivity index (χ0n) is 15.9. The quantitative estimate of drug-likeness (QED) is 0.514. The fraction of sp³-hybridized carbons (Fsp3) is 0.316. The topological polar surface area (TPSA) is 118 Å². The van der Waals surface area contributed by atoms with Gasteiger partial charge < -0.3 is 10.6 Å². The predicted octanol–water partition coefficient (Wildman–Crippen LogP) is 3.14. The summed E-state index contributed by atoms with van der Waals surface area (Å²) in [7, 11) is -3.27. The van der Waals surface area contributed by atoms with Gasteiger partial charge in [-0.1, -0.05) is 19.1 Å². The van der Waals surface area contributed by atoms with Crippen LogP contribution in [0, 0.1) is 10.1 Å². The third-order valence-electron chi connectivity index (χ3n) is 4.02. The molecule has 0 saturated heterocycles. The minimum Gasteiger partial charge on any atom is -0.377 e. The van der Waals surface area contributed by atoms with E-state index in [2.05, 4.69) is 10.6 Å². The number of nitrogens with zero attached hydrogens (tertiary/aromatic N) is 1. The Morgan fingerprint density at radius 1 is 1.14 bits per heavy atom. The summed E-state index contributed by atoms with van der Waals surface area (Å²) < 4.78 is 23.6. The minimum atomic E-state index is -3.27. The van der Waals surface area contributed by atoms with E-state index in [4.69, 9.17) is 0 Å². The van der Waals surface area contributed by atoms with Gasteiger partial charge in [-0.25, -0.2) is 8.42 Å². The Hall–Kier alpha value is -2.94. The zero-order valence-corrected chi connectivity index (χ0v) is 16.7. The summed E-state index contributed by atoms with van der Waals surface area (Å²) in [6.07, 6.45) is 0. The highest BCUT2D eigenvalue weighted by molar-refractivity contribution is 7.91. The maximum absolute atomic E-state index is 12.3. The second-order valence-corrected chi connectivity index (χ2v) is 8.80. The van der Waals surface area contributed by atoms with E-state index in [9.17, 15) is 23.3 Å². The molecule has 0 spiro atoms. The maximum Gasteiger partial charge on any atom is 0.293 e. The van der Waals surface area contributed by atoms with E-state index in [0.29, 0.717) is 5.69 Å². The second kappa shape index (κ2) is 8.83. The van der Waals surface area contributed by atoms with Gasteiger partial charge in [0, 0.05) is 24.2 Å². The van der Waals surface area contributed by atoms with E-state index >= 15 is 0 Å². The molecule has 2 aromatic carbocycles. The Bertz CT molecular complexity index is 970. The smallest absolute Gasteiger partial charge is 0.293 e. The molecular formula is C19H23N3O5S. The average Bonchev–Trinajstić information content (AvgIpc) is 2.66.